The Labute approximate surface area is 91.4 Å². The molecule has 0 saturated carbocycles. The fraction of sp³-hybridized carbons (Fsp3) is 0. The lowest BCUT2D eigenvalue weighted by molar-refractivity contribution is -0.00000563. The van der Waals surface area contributed by atoms with Crippen molar-refractivity contribution in [2.24, 2.45) is 4.52 Å². The SMILES string of the molecule is N#[N+]c1ccc(S(=O)(=O)N=[N+]=[N-])cc1.[Cl-]. The minimum atomic E-state index is -3.95. The molecule has 1 aromatic carbocycles. The topological polar surface area (TPSA) is 111 Å². The number of rotatable bonds is 2. The first-order valence-electron chi connectivity index (χ1n) is 3.37. The van der Waals surface area contributed by atoms with E-state index in [4.69, 9.17) is 10.9 Å². The number of benzene rings is 1. The zero-order chi connectivity index (χ0) is 10.6. The van der Waals surface area contributed by atoms with Crippen molar-refractivity contribution in [1.82, 2.24) is 0 Å². The number of halogens is 1. The zero-order valence-corrected chi connectivity index (χ0v) is 8.72. The van der Waals surface area contributed by atoms with Crippen LogP contribution in [0.1, 0.15) is 0 Å². The molecule has 0 aliphatic rings. The van der Waals surface area contributed by atoms with Crippen LogP contribution in [0.15, 0.2) is 33.7 Å². The molecule has 1 aromatic rings. The predicted octanol–water partition coefficient (Wildman–Crippen LogP) is -0.826. The highest BCUT2D eigenvalue weighted by Gasteiger charge is 2.13. The lowest BCUT2D eigenvalue weighted by Gasteiger charge is -1.92. The lowest BCUT2D eigenvalue weighted by atomic mass is 10.3. The van der Waals surface area contributed by atoms with Gasteiger partial charge in [0.2, 0.25) is 5.39 Å². The molecule has 0 aliphatic carbocycles. The summed E-state index contributed by atoms with van der Waals surface area (Å²) >= 11 is 0. The van der Waals surface area contributed by atoms with Crippen molar-refractivity contribution in [2.75, 3.05) is 0 Å². The molecule has 0 N–H and O–H groups in total. The van der Waals surface area contributed by atoms with Crippen LogP contribution in [-0.4, -0.2) is 8.42 Å². The quantitative estimate of drug-likeness (QED) is 0.293. The van der Waals surface area contributed by atoms with E-state index >= 15 is 0 Å². The van der Waals surface area contributed by atoms with Crippen molar-refractivity contribution in [2.45, 2.75) is 4.90 Å². The van der Waals surface area contributed by atoms with Crippen LogP contribution in [0.2, 0.25) is 0 Å². The van der Waals surface area contributed by atoms with Crippen molar-refractivity contribution >= 4 is 15.7 Å². The number of diazo groups is 1. The van der Waals surface area contributed by atoms with Gasteiger partial charge >= 0.3 is 5.69 Å². The molecule has 0 heterocycles. The first-order valence-corrected chi connectivity index (χ1v) is 4.81. The summed E-state index contributed by atoms with van der Waals surface area (Å²) in [6.45, 7) is 0. The molecule has 78 valence electrons. The standard InChI is InChI=1S/C6H4N5O2S.ClH/c7-9-5-1-3-6(4-2-5)14(12,13)11-10-8;/h1-4H;1H/q+1;/p-1. The van der Waals surface area contributed by atoms with Gasteiger partial charge in [-0.05, 0) is 17.7 Å². The van der Waals surface area contributed by atoms with Gasteiger partial charge in [-0.1, -0.05) is 0 Å². The predicted molar refractivity (Wildman–Crippen MR) is 47.5 cm³/mol. The molecule has 0 aliphatic heterocycles. The minimum Gasteiger partial charge on any atom is -1.00 e. The summed E-state index contributed by atoms with van der Waals surface area (Å²) in [6.07, 6.45) is 0. The van der Waals surface area contributed by atoms with Gasteiger partial charge in [-0.3, -0.25) is 0 Å². The smallest absolute Gasteiger partial charge is 0.385 e. The van der Waals surface area contributed by atoms with Gasteiger partial charge in [-0.2, -0.15) is 0 Å². The number of sulfonamides is 1. The molecule has 0 atom stereocenters. The van der Waals surface area contributed by atoms with E-state index in [0.717, 1.165) is 0 Å². The number of nitrogens with zero attached hydrogens (tertiary/aromatic N) is 5. The molecule has 7 nitrogen and oxygen atoms in total. The van der Waals surface area contributed by atoms with Crippen LogP contribution in [0.5, 0.6) is 0 Å². The maximum atomic E-state index is 11.1. The first-order chi connectivity index (χ1) is 6.60. The van der Waals surface area contributed by atoms with Crippen LogP contribution in [-0.2, 0) is 10.0 Å². The van der Waals surface area contributed by atoms with E-state index in [9.17, 15) is 8.42 Å². The first kappa shape index (κ1) is 13.2. The fourth-order valence-electron chi connectivity index (χ4n) is 0.780. The Bertz CT molecular complexity index is 526. The van der Waals surface area contributed by atoms with Crippen LogP contribution < -0.4 is 12.4 Å². The maximum absolute atomic E-state index is 11.1. The lowest BCUT2D eigenvalue weighted by Crippen LogP contribution is -3.00. The molecule has 0 aromatic heterocycles. The molecule has 0 bridgehead atoms. The van der Waals surface area contributed by atoms with E-state index in [1.807, 2.05) is 0 Å². The maximum Gasteiger partial charge on any atom is 0.385 e. The summed E-state index contributed by atoms with van der Waals surface area (Å²) in [5.74, 6) is 0. The third-order valence-electron chi connectivity index (χ3n) is 1.39. The molecule has 0 saturated heterocycles. The summed E-state index contributed by atoms with van der Waals surface area (Å²) in [5, 5.41) is 8.33. The highest BCUT2D eigenvalue weighted by Crippen LogP contribution is 2.17. The second-order valence-corrected chi connectivity index (χ2v) is 3.82. The van der Waals surface area contributed by atoms with Crippen LogP contribution in [0, 0.1) is 5.39 Å². The van der Waals surface area contributed by atoms with E-state index < -0.39 is 10.0 Å². The van der Waals surface area contributed by atoms with E-state index in [-0.39, 0.29) is 23.0 Å². The Morgan fingerprint density at radius 1 is 1.27 bits per heavy atom. The van der Waals surface area contributed by atoms with Crippen molar-refractivity contribution in [3.05, 3.63) is 39.7 Å². The highest BCUT2D eigenvalue weighted by molar-refractivity contribution is 7.90. The Hall–Kier alpha value is -1.81. The van der Waals surface area contributed by atoms with E-state index in [1.54, 1.807) is 0 Å². The third-order valence-corrected chi connectivity index (χ3v) is 2.55. The zero-order valence-electron chi connectivity index (χ0n) is 7.15. The molecule has 0 amide bonds. The molecule has 0 radical (unpaired) electrons. The summed E-state index contributed by atoms with van der Waals surface area (Å²) in [7, 11) is -3.95. The molecule has 0 unspecified atom stereocenters. The second kappa shape index (κ2) is 5.17. The summed E-state index contributed by atoms with van der Waals surface area (Å²) in [5.41, 5.74) is 8.20. The van der Waals surface area contributed by atoms with Gasteiger partial charge in [-0.15, -0.1) is 0 Å². The Balaban J connectivity index is 0.00000196. The molecule has 0 fully saturated rings. The molecular formula is C6H4ClN5O2S. The normalized spacial score (nSPS) is 9.27. The van der Waals surface area contributed by atoms with Gasteiger partial charge in [0.15, 0.2) is 4.98 Å². The third kappa shape index (κ3) is 3.11. The Morgan fingerprint density at radius 2 is 1.80 bits per heavy atom. The minimum absolute atomic E-state index is 0. The van der Waals surface area contributed by atoms with Gasteiger partial charge in [0.05, 0.1) is 4.90 Å². The fourth-order valence-corrected chi connectivity index (χ4v) is 1.45. The van der Waals surface area contributed by atoms with Crippen molar-refractivity contribution < 1.29 is 20.8 Å². The van der Waals surface area contributed by atoms with E-state index in [2.05, 4.69) is 14.4 Å². The van der Waals surface area contributed by atoms with Gasteiger partial charge < -0.3 is 12.4 Å². The van der Waals surface area contributed by atoms with Gasteiger partial charge in [-0.25, -0.2) is 8.42 Å². The number of hydrogen-bond donors (Lipinski definition) is 0. The summed E-state index contributed by atoms with van der Waals surface area (Å²) < 4.78 is 24.9. The van der Waals surface area contributed by atoms with Gasteiger partial charge in [0, 0.05) is 21.6 Å². The van der Waals surface area contributed by atoms with Gasteiger partial charge in [0.25, 0.3) is 10.0 Å². The van der Waals surface area contributed by atoms with Crippen LogP contribution in [0.3, 0.4) is 0 Å². The molecule has 1 rings (SSSR count). The highest BCUT2D eigenvalue weighted by atomic mass is 35.5. The van der Waals surface area contributed by atoms with Gasteiger partial charge in [0.1, 0.15) is 0 Å². The van der Waals surface area contributed by atoms with Crippen molar-refractivity contribution in [1.29, 1.82) is 5.39 Å². The molecule has 15 heavy (non-hydrogen) atoms. The second-order valence-electron chi connectivity index (χ2n) is 2.24. The Kier molecular flexibility index (Phi) is 4.54. The van der Waals surface area contributed by atoms with Crippen LogP contribution in [0.25, 0.3) is 15.4 Å². The summed E-state index contributed by atoms with van der Waals surface area (Å²) in [6, 6.07) is 4.91. The molecule has 0 spiro atoms. The van der Waals surface area contributed by atoms with E-state index in [0.29, 0.717) is 0 Å². The number of hydrogen-bond acceptors (Lipinski definition) is 3. The molecule has 9 heteroatoms. The van der Waals surface area contributed by atoms with Crippen LogP contribution in [0.4, 0.5) is 5.69 Å². The largest absolute Gasteiger partial charge is 1.00 e. The molecular weight excluding hydrogens is 242 g/mol. The average molecular weight is 246 g/mol. The Morgan fingerprint density at radius 3 is 2.20 bits per heavy atom. The van der Waals surface area contributed by atoms with Crippen LogP contribution >= 0.6 is 0 Å². The summed E-state index contributed by atoms with van der Waals surface area (Å²) in [4.78, 5) is 4.88. The average Bonchev–Trinajstić information content (AvgIpc) is 2.18. The van der Waals surface area contributed by atoms with Crippen molar-refractivity contribution in [3.8, 4) is 0 Å². The van der Waals surface area contributed by atoms with Crippen molar-refractivity contribution in [3.63, 3.8) is 0 Å². The monoisotopic (exact) mass is 245 g/mol. The van der Waals surface area contributed by atoms with E-state index in [1.165, 1.54) is 24.3 Å². The number of azide groups is 1.